The molecule has 3 rings (SSSR count). The van der Waals surface area contributed by atoms with E-state index in [2.05, 4.69) is 20.5 Å². The molecule has 2 heterocycles. The van der Waals surface area contributed by atoms with E-state index in [0.29, 0.717) is 11.6 Å². The van der Waals surface area contributed by atoms with Gasteiger partial charge in [-0.3, -0.25) is 5.10 Å². The number of nitrogens with one attached hydrogen (secondary N) is 2. The van der Waals surface area contributed by atoms with Gasteiger partial charge in [-0.1, -0.05) is 0 Å². The number of fused-ring (bicyclic) bond motifs is 1. The molecular formula is C11H14N4O. The van der Waals surface area contributed by atoms with Crippen LogP contribution < -0.4 is 5.32 Å². The zero-order valence-electron chi connectivity index (χ0n) is 9.12. The average molecular weight is 218 g/mol. The van der Waals surface area contributed by atoms with Crippen molar-refractivity contribution in [1.82, 2.24) is 15.2 Å². The van der Waals surface area contributed by atoms with Gasteiger partial charge in [0.25, 0.3) is 0 Å². The summed E-state index contributed by atoms with van der Waals surface area (Å²) < 4.78 is 0. The lowest BCUT2D eigenvalue weighted by molar-refractivity contribution is 0.278. The van der Waals surface area contributed by atoms with E-state index < -0.39 is 0 Å². The molecule has 2 aromatic heterocycles. The maximum Gasteiger partial charge on any atom is 0.128 e. The van der Waals surface area contributed by atoms with Crippen molar-refractivity contribution in [2.45, 2.75) is 25.4 Å². The Labute approximate surface area is 92.9 Å². The van der Waals surface area contributed by atoms with E-state index in [1.54, 1.807) is 0 Å². The summed E-state index contributed by atoms with van der Waals surface area (Å²) in [6, 6.07) is 1.92. The number of hydrogen-bond acceptors (Lipinski definition) is 4. The summed E-state index contributed by atoms with van der Waals surface area (Å²) in [5.74, 6) is 1.31. The van der Waals surface area contributed by atoms with Crippen molar-refractivity contribution in [3.8, 4) is 0 Å². The first kappa shape index (κ1) is 9.59. The molecule has 1 aliphatic rings. The van der Waals surface area contributed by atoms with Crippen LogP contribution in [0.1, 0.15) is 30.1 Å². The highest BCUT2D eigenvalue weighted by atomic mass is 16.3. The van der Waals surface area contributed by atoms with Crippen molar-refractivity contribution >= 4 is 16.7 Å². The Hall–Kier alpha value is -1.62. The first-order valence-electron chi connectivity index (χ1n) is 5.50. The number of rotatable bonds is 3. The van der Waals surface area contributed by atoms with Gasteiger partial charge in [-0.15, -0.1) is 0 Å². The van der Waals surface area contributed by atoms with Gasteiger partial charge in [0.05, 0.1) is 23.5 Å². The second kappa shape index (κ2) is 3.45. The van der Waals surface area contributed by atoms with Crippen molar-refractivity contribution in [1.29, 1.82) is 0 Å². The van der Waals surface area contributed by atoms with Crippen LogP contribution in [0.25, 0.3) is 10.9 Å². The Morgan fingerprint density at radius 3 is 3.00 bits per heavy atom. The lowest BCUT2D eigenvalue weighted by Crippen LogP contribution is -1.98. The summed E-state index contributed by atoms with van der Waals surface area (Å²) in [4.78, 5) is 4.36. The summed E-state index contributed by atoms with van der Waals surface area (Å²) in [5, 5.41) is 20.7. The molecule has 2 aromatic rings. The highest BCUT2D eigenvalue weighted by Gasteiger charge is 2.29. The van der Waals surface area contributed by atoms with Gasteiger partial charge in [0.1, 0.15) is 5.82 Å². The molecule has 0 atom stereocenters. The quantitative estimate of drug-likeness (QED) is 0.727. The first-order chi connectivity index (χ1) is 7.83. The SMILES string of the molecule is CNc1cc2[nH]nc(C3CC3)c2c(CO)n1. The predicted octanol–water partition coefficient (Wildman–Crippen LogP) is 1.37. The molecule has 5 heteroatoms. The minimum Gasteiger partial charge on any atom is -0.390 e. The minimum absolute atomic E-state index is 0.0503. The van der Waals surface area contributed by atoms with E-state index in [1.807, 2.05) is 13.1 Å². The molecule has 0 amide bonds. The fraction of sp³-hybridized carbons (Fsp3) is 0.455. The molecule has 0 aliphatic heterocycles. The standard InChI is InChI=1S/C11H14N4O/c1-12-9-4-7-10(8(5-16)13-9)11(15-14-7)6-2-3-6/h4,6,16H,2-3,5H2,1H3,(H,12,13)(H,14,15). The fourth-order valence-electron chi connectivity index (χ4n) is 2.04. The Morgan fingerprint density at radius 2 is 2.38 bits per heavy atom. The van der Waals surface area contributed by atoms with Gasteiger partial charge in [0.2, 0.25) is 0 Å². The second-order valence-electron chi connectivity index (χ2n) is 4.17. The summed E-state index contributed by atoms with van der Waals surface area (Å²) in [7, 11) is 1.81. The number of anilines is 1. The monoisotopic (exact) mass is 218 g/mol. The number of aromatic amines is 1. The normalized spacial score (nSPS) is 15.6. The number of aliphatic hydroxyl groups is 1. The zero-order valence-corrected chi connectivity index (χ0v) is 9.12. The number of hydrogen-bond donors (Lipinski definition) is 3. The third-order valence-corrected chi connectivity index (χ3v) is 3.02. The van der Waals surface area contributed by atoms with Crippen LogP contribution in [-0.4, -0.2) is 27.3 Å². The van der Waals surface area contributed by atoms with Gasteiger partial charge < -0.3 is 10.4 Å². The molecule has 3 N–H and O–H groups in total. The number of aromatic nitrogens is 3. The lowest BCUT2D eigenvalue weighted by atomic mass is 10.1. The maximum atomic E-state index is 9.37. The molecule has 0 saturated heterocycles. The van der Waals surface area contributed by atoms with E-state index in [-0.39, 0.29) is 6.61 Å². The zero-order chi connectivity index (χ0) is 11.1. The molecule has 1 aliphatic carbocycles. The van der Waals surface area contributed by atoms with Crippen LogP contribution in [0.5, 0.6) is 0 Å². The van der Waals surface area contributed by atoms with Crippen molar-refractivity contribution in [2.24, 2.45) is 0 Å². The van der Waals surface area contributed by atoms with Crippen LogP contribution >= 0.6 is 0 Å². The highest BCUT2D eigenvalue weighted by molar-refractivity contribution is 5.86. The molecule has 5 nitrogen and oxygen atoms in total. The van der Waals surface area contributed by atoms with Crippen LogP contribution in [0.4, 0.5) is 5.82 Å². The topological polar surface area (TPSA) is 73.8 Å². The van der Waals surface area contributed by atoms with E-state index in [4.69, 9.17) is 0 Å². The molecule has 16 heavy (non-hydrogen) atoms. The molecule has 0 radical (unpaired) electrons. The Kier molecular flexibility index (Phi) is 2.07. The Balaban J connectivity index is 2.24. The van der Waals surface area contributed by atoms with Crippen LogP contribution in [-0.2, 0) is 6.61 Å². The van der Waals surface area contributed by atoms with E-state index >= 15 is 0 Å². The molecule has 1 saturated carbocycles. The van der Waals surface area contributed by atoms with E-state index in [0.717, 1.165) is 22.4 Å². The molecule has 0 bridgehead atoms. The van der Waals surface area contributed by atoms with Crippen molar-refractivity contribution in [3.05, 3.63) is 17.5 Å². The van der Waals surface area contributed by atoms with E-state index in [1.165, 1.54) is 12.8 Å². The van der Waals surface area contributed by atoms with Crippen LogP contribution in [0, 0.1) is 0 Å². The van der Waals surface area contributed by atoms with Crippen molar-refractivity contribution < 1.29 is 5.11 Å². The van der Waals surface area contributed by atoms with Gasteiger partial charge in [0, 0.05) is 24.4 Å². The average Bonchev–Trinajstić information content (AvgIpc) is 3.08. The van der Waals surface area contributed by atoms with Gasteiger partial charge in [0.15, 0.2) is 0 Å². The van der Waals surface area contributed by atoms with Crippen LogP contribution in [0.3, 0.4) is 0 Å². The summed E-state index contributed by atoms with van der Waals surface area (Å²) in [6.07, 6.45) is 2.39. The number of nitrogens with zero attached hydrogens (tertiary/aromatic N) is 2. The number of H-pyrrole nitrogens is 1. The predicted molar refractivity (Wildman–Crippen MR) is 61.3 cm³/mol. The number of pyridine rings is 1. The van der Waals surface area contributed by atoms with Gasteiger partial charge in [-0.2, -0.15) is 5.10 Å². The summed E-state index contributed by atoms with van der Waals surface area (Å²) >= 11 is 0. The fourth-order valence-corrected chi connectivity index (χ4v) is 2.04. The molecule has 0 unspecified atom stereocenters. The summed E-state index contributed by atoms with van der Waals surface area (Å²) in [6.45, 7) is -0.0503. The van der Waals surface area contributed by atoms with Crippen LogP contribution in [0.15, 0.2) is 6.07 Å². The van der Waals surface area contributed by atoms with E-state index in [9.17, 15) is 5.11 Å². The third-order valence-electron chi connectivity index (χ3n) is 3.02. The van der Waals surface area contributed by atoms with Gasteiger partial charge in [-0.05, 0) is 12.8 Å². The Bertz CT molecular complexity index is 530. The summed E-state index contributed by atoms with van der Waals surface area (Å²) in [5.41, 5.74) is 2.72. The molecular weight excluding hydrogens is 204 g/mol. The number of aliphatic hydroxyl groups excluding tert-OH is 1. The van der Waals surface area contributed by atoms with Crippen molar-refractivity contribution in [2.75, 3.05) is 12.4 Å². The first-order valence-corrected chi connectivity index (χ1v) is 5.50. The molecule has 0 spiro atoms. The molecule has 0 aromatic carbocycles. The third kappa shape index (κ3) is 1.36. The molecule has 84 valence electrons. The van der Waals surface area contributed by atoms with Gasteiger partial charge in [-0.25, -0.2) is 4.98 Å². The van der Waals surface area contributed by atoms with Crippen molar-refractivity contribution in [3.63, 3.8) is 0 Å². The minimum atomic E-state index is -0.0503. The maximum absolute atomic E-state index is 9.37. The Morgan fingerprint density at radius 1 is 1.56 bits per heavy atom. The highest BCUT2D eigenvalue weighted by Crippen LogP contribution is 2.42. The van der Waals surface area contributed by atoms with Gasteiger partial charge >= 0.3 is 0 Å². The lowest BCUT2D eigenvalue weighted by Gasteiger charge is -2.04. The molecule has 1 fully saturated rings. The van der Waals surface area contributed by atoms with Crippen LogP contribution in [0.2, 0.25) is 0 Å². The smallest absolute Gasteiger partial charge is 0.128 e. The largest absolute Gasteiger partial charge is 0.390 e. The second-order valence-corrected chi connectivity index (χ2v) is 4.17.